The number of nitrogens with two attached hydrogens (primary N) is 1. The van der Waals surface area contributed by atoms with Crippen LogP contribution in [0.5, 0.6) is 0 Å². The summed E-state index contributed by atoms with van der Waals surface area (Å²) in [6, 6.07) is 0. The first-order chi connectivity index (χ1) is 47.8. The van der Waals surface area contributed by atoms with Crippen molar-refractivity contribution in [2.75, 3.05) is 26.4 Å². The van der Waals surface area contributed by atoms with E-state index >= 15 is 0 Å². The molecule has 0 spiro atoms. The van der Waals surface area contributed by atoms with Crippen molar-refractivity contribution in [3.63, 3.8) is 0 Å². The molecule has 3 N–H and O–H groups in total. The maximum atomic E-state index is 12.8. The molecule has 0 radical (unpaired) electrons. The molecule has 0 amide bonds. The fourth-order valence-electron chi connectivity index (χ4n) is 11.8. The molecule has 0 bridgehead atoms. The third-order valence-electron chi connectivity index (χ3n) is 17.8. The van der Waals surface area contributed by atoms with Gasteiger partial charge in [-0.25, -0.2) is 4.57 Å². The molecule has 0 saturated carbocycles. The number of allylic oxidation sites excluding steroid dienone is 20. The molecule has 0 aromatic carbocycles. The standard InChI is InChI=1S/C87H154NO8P/c1-3-5-7-9-11-13-15-17-19-21-23-25-27-29-31-33-35-37-39-41-42-44-46-48-50-52-54-56-58-60-62-64-66-68-70-72-74-76-78-80-87(90)96-85(84-95-97(91,92)94-82-81-88)83-93-86(89)79-77-75-73-71-69-67-65-63-61-59-57-55-53-51-49-47-45-43-40-38-36-34-32-30-28-26-24-22-20-18-16-14-12-10-8-6-4-2/h5,7,11,13,16-19,22-25,29,31,35,37,41-42,46,48,85H,3-4,6,8-10,12,14-15,20-21,26-28,30,32-34,36,38-40,43-45,47,49-84,88H2,1-2H3,(H,91,92)/b7-5-,13-11-,18-16-,19-17-,24-22-,25-23-,31-29-,37-35-,42-41-,48-46-. The lowest BCUT2D eigenvalue weighted by Crippen LogP contribution is -2.29. The van der Waals surface area contributed by atoms with Gasteiger partial charge in [-0.15, -0.1) is 0 Å². The molecular formula is C87H154NO8P. The zero-order valence-corrected chi connectivity index (χ0v) is 64.2. The smallest absolute Gasteiger partial charge is 0.462 e. The molecule has 9 nitrogen and oxygen atoms in total. The average Bonchev–Trinajstić information content (AvgIpc) is 2.88. The predicted molar refractivity (Wildman–Crippen MR) is 422 cm³/mol. The summed E-state index contributed by atoms with van der Waals surface area (Å²) in [5, 5.41) is 0. The van der Waals surface area contributed by atoms with Crippen LogP contribution in [0, 0.1) is 0 Å². The van der Waals surface area contributed by atoms with Gasteiger partial charge in [0.05, 0.1) is 13.2 Å². The van der Waals surface area contributed by atoms with Gasteiger partial charge in [-0.05, 0) is 109 Å². The fourth-order valence-corrected chi connectivity index (χ4v) is 12.6. The van der Waals surface area contributed by atoms with E-state index in [1.165, 1.54) is 257 Å². The van der Waals surface area contributed by atoms with Crippen molar-refractivity contribution >= 4 is 19.8 Å². The Balaban J connectivity index is 3.81. The first-order valence-corrected chi connectivity index (χ1v) is 42.5. The highest BCUT2D eigenvalue weighted by molar-refractivity contribution is 7.47. The topological polar surface area (TPSA) is 134 Å². The summed E-state index contributed by atoms with van der Waals surface area (Å²) in [6.07, 6.45) is 115. The summed E-state index contributed by atoms with van der Waals surface area (Å²) >= 11 is 0. The molecule has 2 unspecified atom stereocenters. The van der Waals surface area contributed by atoms with Crippen LogP contribution in [0.3, 0.4) is 0 Å². The van der Waals surface area contributed by atoms with Gasteiger partial charge in [0.25, 0.3) is 0 Å². The highest BCUT2D eigenvalue weighted by Gasteiger charge is 2.26. The lowest BCUT2D eigenvalue weighted by atomic mass is 10.0. The molecule has 0 aromatic rings. The van der Waals surface area contributed by atoms with Crippen LogP contribution in [0.2, 0.25) is 0 Å². The van der Waals surface area contributed by atoms with Gasteiger partial charge in [-0.2, -0.15) is 0 Å². The SMILES string of the molecule is CC/C=C\C/C=C\C/C=C\C/C=C\C/C=C\C/C=C\C/C=C\C/C=C\CCCCCCCCCCCCCCCCC(=O)OC(COC(=O)CCCCCCCCCCCCCCCCCCCCCCCCCCC/C=C\C/C=C\CCCCCCC)COP(=O)(O)OCCN. The molecule has 0 heterocycles. The fraction of sp³-hybridized carbons (Fsp3) is 0.747. The molecule has 10 heteroatoms. The van der Waals surface area contributed by atoms with E-state index in [-0.39, 0.29) is 38.6 Å². The van der Waals surface area contributed by atoms with Gasteiger partial charge >= 0.3 is 19.8 Å². The summed E-state index contributed by atoms with van der Waals surface area (Å²) in [6.45, 7) is 3.67. The van der Waals surface area contributed by atoms with Crippen LogP contribution in [-0.2, 0) is 32.7 Å². The number of carbonyl (C=O) groups is 2. The molecule has 0 aliphatic heterocycles. The van der Waals surface area contributed by atoms with Crippen LogP contribution in [0.1, 0.15) is 386 Å². The number of unbranched alkanes of at least 4 members (excludes halogenated alkanes) is 44. The minimum absolute atomic E-state index is 0.0513. The number of carbonyl (C=O) groups excluding carboxylic acids is 2. The van der Waals surface area contributed by atoms with Crippen LogP contribution in [-0.4, -0.2) is 49.3 Å². The Morgan fingerprint density at radius 3 is 0.845 bits per heavy atom. The van der Waals surface area contributed by atoms with E-state index in [9.17, 15) is 19.0 Å². The van der Waals surface area contributed by atoms with Gasteiger partial charge in [-0.1, -0.05) is 386 Å². The van der Waals surface area contributed by atoms with E-state index in [4.69, 9.17) is 24.3 Å². The van der Waals surface area contributed by atoms with E-state index in [1.807, 2.05) is 0 Å². The van der Waals surface area contributed by atoms with E-state index in [0.717, 1.165) is 96.3 Å². The Labute approximate surface area is 600 Å². The van der Waals surface area contributed by atoms with E-state index < -0.39 is 26.5 Å². The highest BCUT2D eigenvalue weighted by atomic mass is 31.2. The zero-order valence-electron chi connectivity index (χ0n) is 63.3. The molecule has 97 heavy (non-hydrogen) atoms. The summed E-state index contributed by atoms with van der Waals surface area (Å²) < 4.78 is 33.3. The minimum atomic E-state index is -4.40. The zero-order chi connectivity index (χ0) is 70.0. The Morgan fingerprint density at radius 1 is 0.320 bits per heavy atom. The van der Waals surface area contributed by atoms with E-state index in [1.54, 1.807) is 0 Å². The Morgan fingerprint density at radius 2 is 0.567 bits per heavy atom. The monoisotopic (exact) mass is 1370 g/mol. The molecule has 0 rings (SSSR count). The van der Waals surface area contributed by atoms with Gasteiger partial charge in [0.1, 0.15) is 6.61 Å². The number of hydrogen-bond donors (Lipinski definition) is 2. The second kappa shape index (κ2) is 81.4. The quantitative estimate of drug-likeness (QED) is 0.0264. The first-order valence-electron chi connectivity index (χ1n) is 41.0. The van der Waals surface area contributed by atoms with Crippen LogP contribution in [0.15, 0.2) is 122 Å². The van der Waals surface area contributed by atoms with E-state index in [2.05, 4.69) is 135 Å². The van der Waals surface area contributed by atoms with Gasteiger partial charge in [0.15, 0.2) is 6.10 Å². The summed E-state index contributed by atoms with van der Waals surface area (Å²) in [4.78, 5) is 35.5. The summed E-state index contributed by atoms with van der Waals surface area (Å²) in [5.41, 5.74) is 5.42. The summed E-state index contributed by atoms with van der Waals surface area (Å²) in [5.74, 6) is -0.815. The number of ether oxygens (including phenoxy) is 2. The molecule has 560 valence electrons. The van der Waals surface area contributed by atoms with E-state index in [0.29, 0.717) is 6.42 Å². The van der Waals surface area contributed by atoms with Crippen LogP contribution >= 0.6 is 7.82 Å². The molecule has 0 aromatic heterocycles. The van der Waals surface area contributed by atoms with Gasteiger partial charge in [-0.3, -0.25) is 18.6 Å². The third kappa shape index (κ3) is 81.3. The number of hydrogen-bond acceptors (Lipinski definition) is 8. The maximum Gasteiger partial charge on any atom is 0.472 e. The van der Waals surface area contributed by atoms with Crippen LogP contribution in [0.25, 0.3) is 0 Å². The second-order valence-corrected chi connectivity index (χ2v) is 28.7. The highest BCUT2D eigenvalue weighted by Crippen LogP contribution is 2.43. The number of esters is 2. The van der Waals surface area contributed by atoms with Crippen LogP contribution < -0.4 is 5.73 Å². The largest absolute Gasteiger partial charge is 0.472 e. The van der Waals surface area contributed by atoms with Gasteiger partial charge in [0, 0.05) is 19.4 Å². The lowest BCUT2D eigenvalue weighted by Gasteiger charge is -2.19. The van der Waals surface area contributed by atoms with Crippen molar-refractivity contribution in [3.8, 4) is 0 Å². The Kier molecular flexibility index (Phi) is 78.4. The Hall–Kier alpha value is -3.59. The third-order valence-corrected chi connectivity index (χ3v) is 18.8. The molecule has 0 aliphatic rings. The van der Waals surface area contributed by atoms with Crippen molar-refractivity contribution in [3.05, 3.63) is 122 Å². The Bertz CT molecular complexity index is 2020. The average molecular weight is 1370 g/mol. The van der Waals surface area contributed by atoms with Gasteiger partial charge in [0.2, 0.25) is 0 Å². The van der Waals surface area contributed by atoms with Crippen molar-refractivity contribution in [1.82, 2.24) is 0 Å². The summed E-state index contributed by atoms with van der Waals surface area (Å²) in [7, 11) is -4.40. The molecule has 0 fully saturated rings. The van der Waals surface area contributed by atoms with Crippen LogP contribution in [0.4, 0.5) is 0 Å². The first kappa shape index (κ1) is 93.4. The van der Waals surface area contributed by atoms with Crippen molar-refractivity contribution < 1.29 is 37.6 Å². The minimum Gasteiger partial charge on any atom is -0.462 e. The number of phosphoric acid groups is 1. The second-order valence-electron chi connectivity index (χ2n) is 27.3. The number of phosphoric ester groups is 1. The maximum absolute atomic E-state index is 12.8. The normalized spacial score (nSPS) is 13.5. The lowest BCUT2D eigenvalue weighted by molar-refractivity contribution is -0.161. The molecule has 0 aliphatic carbocycles. The molecular weight excluding hydrogens is 1220 g/mol. The van der Waals surface area contributed by atoms with Crippen molar-refractivity contribution in [1.29, 1.82) is 0 Å². The number of rotatable bonds is 77. The van der Waals surface area contributed by atoms with Crippen molar-refractivity contribution in [2.45, 2.75) is 392 Å². The molecule has 0 saturated heterocycles. The van der Waals surface area contributed by atoms with Gasteiger partial charge < -0.3 is 20.1 Å². The van der Waals surface area contributed by atoms with Crippen molar-refractivity contribution in [2.24, 2.45) is 5.73 Å². The molecule has 2 atom stereocenters. The predicted octanol–water partition coefficient (Wildman–Crippen LogP) is 27.8.